The van der Waals surface area contributed by atoms with Gasteiger partial charge in [-0.25, -0.2) is 14.3 Å². The zero-order valence-corrected chi connectivity index (χ0v) is 9.44. The average molecular weight is 247 g/mol. The van der Waals surface area contributed by atoms with Gasteiger partial charge in [0.1, 0.15) is 0 Å². The van der Waals surface area contributed by atoms with Crippen molar-refractivity contribution in [3.63, 3.8) is 0 Å². The van der Waals surface area contributed by atoms with Crippen LogP contribution in [0.15, 0.2) is 23.1 Å². The van der Waals surface area contributed by atoms with Crippen LogP contribution in [0.1, 0.15) is 6.92 Å². The second-order valence-electron chi connectivity index (χ2n) is 2.82. The zero-order chi connectivity index (χ0) is 12.0. The summed E-state index contributed by atoms with van der Waals surface area (Å²) in [5.74, 6) is -2.06. The van der Waals surface area contributed by atoms with E-state index in [-0.39, 0.29) is 11.7 Å². The highest BCUT2D eigenvalue weighted by Crippen LogP contribution is 2.19. The zero-order valence-electron chi connectivity index (χ0n) is 8.63. The van der Waals surface area contributed by atoms with Crippen molar-refractivity contribution in [3.8, 4) is 0 Å². The molecule has 0 saturated heterocycles. The summed E-state index contributed by atoms with van der Waals surface area (Å²) in [6.07, 6.45) is 0. The smallest absolute Gasteiger partial charge is 0.253 e. The van der Waals surface area contributed by atoms with Crippen LogP contribution < -0.4 is 5.48 Å². The van der Waals surface area contributed by atoms with E-state index in [1.165, 1.54) is 6.07 Å². The quantitative estimate of drug-likeness (QED) is 0.640. The van der Waals surface area contributed by atoms with Gasteiger partial charge < -0.3 is 0 Å². The predicted molar refractivity (Wildman–Crippen MR) is 56.9 cm³/mol. The van der Waals surface area contributed by atoms with Crippen molar-refractivity contribution in [2.75, 3.05) is 12.4 Å². The highest BCUT2D eigenvalue weighted by molar-refractivity contribution is 8.00. The molecule has 0 aliphatic heterocycles. The molecule has 88 valence electrons. The SMILES string of the molecule is CCONC(=O)CSc1ccc(F)c(F)c1. The fraction of sp³-hybridized carbons (Fsp3) is 0.300. The van der Waals surface area contributed by atoms with Crippen molar-refractivity contribution >= 4 is 17.7 Å². The molecular weight excluding hydrogens is 236 g/mol. The molecule has 0 fully saturated rings. The minimum Gasteiger partial charge on any atom is -0.274 e. The molecule has 0 radical (unpaired) electrons. The number of nitrogens with one attached hydrogen (secondary N) is 1. The summed E-state index contributed by atoms with van der Waals surface area (Å²) < 4.78 is 25.4. The number of thioether (sulfide) groups is 1. The number of rotatable bonds is 5. The van der Waals surface area contributed by atoms with Crippen LogP contribution in [0.3, 0.4) is 0 Å². The van der Waals surface area contributed by atoms with Crippen LogP contribution in [-0.2, 0) is 9.63 Å². The van der Waals surface area contributed by atoms with E-state index < -0.39 is 11.6 Å². The Bertz CT molecular complexity index is 374. The van der Waals surface area contributed by atoms with Gasteiger partial charge in [-0.05, 0) is 25.1 Å². The Balaban J connectivity index is 2.42. The van der Waals surface area contributed by atoms with E-state index >= 15 is 0 Å². The molecule has 16 heavy (non-hydrogen) atoms. The average Bonchev–Trinajstić information content (AvgIpc) is 2.28. The third-order valence-electron chi connectivity index (χ3n) is 1.59. The van der Waals surface area contributed by atoms with Crippen LogP contribution in [0.25, 0.3) is 0 Å². The molecule has 3 nitrogen and oxygen atoms in total. The van der Waals surface area contributed by atoms with Crippen molar-refractivity contribution in [1.82, 2.24) is 5.48 Å². The first-order chi connectivity index (χ1) is 7.63. The number of hydrogen-bond donors (Lipinski definition) is 1. The first-order valence-electron chi connectivity index (χ1n) is 4.62. The van der Waals surface area contributed by atoms with Crippen molar-refractivity contribution in [1.29, 1.82) is 0 Å². The molecule has 1 rings (SSSR count). The Morgan fingerprint density at radius 2 is 2.19 bits per heavy atom. The Hall–Kier alpha value is -1.14. The molecule has 0 unspecified atom stereocenters. The van der Waals surface area contributed by atoms with Crippen LogP contribution in [0.4, 0.5) is 8.78 Å². The van der Waals surface area contributed by atoms with E-state index in [4.69, 9.17) is 0 Å². The number of halogens is 2. The minimum absolute atomic E-state index is 0.0884. The summed E-state index contributed by atoms with van der Waals surface area (Å²) in [6.45, 7) is 2.12. The van der Waals surface area contributed by atoms with E-state index in [2.05, 4.69) is 10.3 Å². The lowest BCUT2D eigenvalue weighted by Gasteiger charge is -2.03. The molecule has 0 heterocycles. The van der Waals surface area contributed by atoms with Gasteiger partial charge >= 0.3 is 0 Å². The van der Waals surface area contributed by atoms with Crippen LogP contribution in [0.2, 0.25) is 0 Å². The molecule has 0 aromatic heterocycles. The lowest BCUT2D eigenvalue weighted by Crippen LogP contribution is -2.25. The predicted octanol–water partition coefficient (Wildman–Crippen LogP) is 2.12. The molecule has 0 bridgehead atoms. The lowest BCUT2D eigenvalue weighted by molar-refractivity contribution is -0.130. The first kappa shape index (κ1) is 12.9. The van der Waals surface area contributed by atoms with Crippen molar-refractivity contribution in [2.45, 2.75) is 11.8 Å². The van der Waals surface area contributed by atoms with Gasteiger partial charge in [0.2, 0.25) is 0 Å². The lowest BCUT2D eigenvalue weighted by atomic mass is 10.3. The van der Waals surface area contributed by atoms with Crippen LogP contribution in [0, 0.1) is 11.6 Å². The molecule has 6 heteroatoms. The Labute approximate surface area is 96.1 Å². The van der Waals surface area contributed by atoms with Crippen molar-refractivity contribution < 1.29 is 18.4 Å². The highest BCUT2D eigenvalue weighted by Gasteiger charge is 2.05. The fourth-order valence-corrected chi connectivity index (χ4v) is 1.61. The van der Waals surface area contributed by atoms with E-state index in [0.29, 0.717) is 11.5 Å². The number of amides is 1. The molecule has 1 aromatic rings. The van der Waals surface area contributed by atoms with Crippen molar-refractivity contribution in [2.24, 2.45) is 0 Å². The monoisotopic (exact) mass is 247 g/mol. The van der Waals surface area contributed by atoms with Crippen molar-refractivity contribution in [3.05, 3.63) is 29.8 Å². The minimum atomic E-state index is -0.921. The number of hydrogen-bond acceptors (Lipinski definition) is 3. The largest absolute Gasteiger partial charge is 0.274 e. The number of benzene rings is 1. The topological polar surface area (TPSA) is 38.3 Å². The van der Waals surface area contributed by atoms with Gasteiger partial charge in [0, 0.05) is 4.90 Å². The third kappa shape index (κ3) is 4.16. The standard InChI is InChI=1S/C10H11F2NO2S/c1-2-15-13-10(14)6-16-7-3-4-8(11)9(12)5-7/h3-5H,2,6H2,1H3,(H,13,14). The summed E-state index contributed by atoms with van der Waals surface area (Å²) in [5.41, 5.74) is 2.20. The van der Waals surface area contributed by atoms with Gasteiger partial charge in [-0.3, -0.25) is 9.63 Å². The molecule has 0 saturated carbocycles. The van der Waals surface area contributed by atoms with Crippen LogP contribution >= 0.6 is 11.8 Å². The van der Waals surface area contributed by atoms with Gasteiger partial charge in [0.05, 0.1) is 12.4 Å². The molecular formula is C10H11F2NO2S. The van der Waals surface area contributed by atoms with Gasteiger partial charge in [0.15, 0.2) is 11.6 Å². The van der Waals surface area contributed by atoms with E-state index in [1.54, 1.807) is 6.92 Å². The third-order valence-corrected chi connectivity index (χ3v) is 2.59. The maximum atomic E-state index is 12.8. The van der Waals surface area contributed by atoms with Gasteiger partial charge in [0.25, 0.3) is 5.91 Å². The maximum Gasteiger partial charge on any atom is 0.253 e. The second-order valence-corrected chi connectivity index (χ2v) is 3.87. The van der Waals surface area contributed by atoms with Crippen LogP contribution in [-0.4, -0.2) is 18.3 Å². The molecule has 1 aromatic carbocycles. The van der Waals surface area contributed by atoms with Gasteiger partial charge in [-0.1, -0.05) is 0 Å². The second kappa shape index (κ2) is 6.44. The molecule has 0 aliphatic carbocycles. The van der Waals surface area contributed by atoms with Crippen LogP contribution in [0.5, 0.6) is 0 Å². The summed E-state index contributed by atoms with van der Waals surface area (Å²) >= 11 is 1.10. The highest BCUT2D eigenvalue weighted by atomic mass is 32.2. The molecule has 0 spiro atoms. The summed E-state index contributed by atoms with van der Waals surface area (Å²) in [4.78, 5) is 16.3. The van der Waals surface area contributed by atoms with E-state index in [9.17, 15) is 13.6 Å². The Morgan fingerprint density at radius 3 is 2.81 bits per heavy atom. The Morgan fingerprint density at radius 1 is 1.44 bits per heavy atom. The molecule has 1 N–H and O–H groups in total. The normalized spacial score (nSPS) is 10.2. The van der Waals surface area contributed by atoms with Gasteiger partial charge in [-0.2, -0.15) is 0 Å². The summed E-state index contributed by atoms with van der Waals surface area (Å²) in [7, 11) is 0. The number of carbonyl (C=O) groups excluding carboxylic acids is 1. The van der Waals surface area contributed by atoms with Gasteiger partial charge in [-0.15, -0.1) is 11.8 Å². The number of hydroxylamine groups is 1. The molecule has 0 aliphatic rings. The molecule has 0 atom stereocenters. The maximum absolute atomic E-state index is 12.8. The van der Waals surface area contributed by atoms with E-state index in [0.717, 1.165) is 23.9 Å². The fourth-order valence-electron chi connectivity index (χ4n) is 0.898. The number of carbonyl (C=O) groups is 1. The Kier molecular flexibility index (Phi) is 5.21. The summed E-state index contributed by atoms with van der Waals surface area (Å²) in [6, 6.07) is 3.49. The summed E-state index contributed by atoms with van der Waals surface area (Å²) in [5, 5.41) is 0. The van der Waals surface area contributed by atoms with E-state index in [1.807, 2.05) is 0 Å². The molecule has 1 amide bonds. The first-order valence-corrected chi connectivity index (χ1v) is 5.60.